The number of aliphatic carboxylic acids is 1. The van der Waals surface area contributed by atoms with Crippen molar-refractivity contribution in [1.82, 2.24) is 4.90 Å². The Morgan fingerprint density at radius 1 is 1.33 bits per heavy atom. The van der Waals surface area contributed by atoms with Gasteiger partial charge in [-0.1, -0.05) is 31.2 Å². The van der Waals surface area contributed by atoms with Gasteiger partial charge in [0, 0.05) is 0 Å². The van der Waals surface area contributed by atoms with Crippen LogP contribution in [-0.4, -0.2) is 30.1 Å². The Kier molecular flexibility index (Phi) is 3.86. The second-order valence-electron chi connectivity index (χ2n) is 3.80. The lowest BCUT2D eigenvalue weighted by molar-refractivity contribution is -0.142. The standard InChI is InChI=1S/C12H17NO2/c1-4-9-5-7-10(8-6-9)11(12(14)15)13(2)3/h5-8,11H,4H2,1-3H3,(H,14,15)/t11-/m0/s1. The zero-order chi connectivity index (χ0) is 11.4. The summed E-state index contributed by atoms with van der Waals surface area (Å²) in [5.74, 6) is -0.816. The molecule has 0 saturated carbocycles. The van der Waals surface area contributed by atoms with Crippen molar-refractivity contribution in [1.29, 1.82) is 0 Å². The van der Waals surface area contributed by atoms with E-state index >= 15 is 0 Å². The first-order valence-corrected chi connectivity index (χ1v) is 5.04. The van der Waals surface area contributed by atoms with Crippen LogP contribution in [0.3, 0.4) is 0 Å². The average Bonchev–Trinajstić information content (AvgIpc) is 2.18. The van der Waals surface area contributed by atoms with Gasteiger partial charge in [0.25, 0.3) is 0 Å². The number of nitrogens with zero attached hydrogens (tertiary/aromatic N) is 1. The van der Waals surface area contributed by atoms with E-state index in [4.69, 9.17) is 5.11 Å². The average molecular weight is 207 g/mol. The van der Waals surface area contributed by atoms with Crippen LogP contribution >= 0.6 is 0 Å². The molecule has 0 radical (unpaired) electrons. The number of likely N-dealkylation sites (N-methyl/N-ethyl adjacent to an activating group) is 1. The van der Waals surface area contributed by atoms with Gasteiger partial charge in [-0.15, -0.1) is 0 Å². The van der Waals surface area contributed by atoms with E-state index in [-0.39, 0.29) is 0 Å². The van der Waals surface area contributed by atoms with Gasteiger partial charge in [0.2, 0.25) is 0 Å². The Morgan fingerprint density at radius 3 is 2.20 bits per heavy atom. The molecule has 0 bridgehead atoms. The summed E-state index contributed by atoms with van der Waals surface area (Å²) in [6, 6.07) is 7.18. The lowest BCUT2D eigenvalue weighted by Crippen LogP contribution is -2.27. The Labute approximate surface area is 90.3 Å². The summed E-state index contributed by atoms with van der Waals surface area (Å²) in [5.41, 5.74) is 2.05. The summed E-state index contributed by atoms with van der Waals surface area (Å²) < 4.78 is 0. The van der Waals surface area contributed by atoms with E-state index in [2.05, 4.69) is 6.92 Å². The summed E-state index contributed by atoms with van der Waals surface area (Å²) in [4.78, 5) is 12.8. The van der Waals surface area contributed by atoms with E-state index < -0.39 is 12.0 Å². The zero-order valence-corrected chi connectivity index (χ0v) is 9.40. The minimum absolute atomic E-state index is 0.559. The van der Waals surface area contributed by atoms with Crippen LogP contribution in [0.2, 0.25) is 0 Å². The van der Waals surface area contributed by atoms with Crippen LogP contribution in [0.4, 0.5) is 0 Å². The quantitative estimate of drug-likeness (QED) is 0.820. The van der Waals surface area contributed by atoms with Crippen molar-refractivity contribution in [3.63, 3.8) is 0 Å². The maximum atomic E-state index is 11.1. The Balaban J connectivity index is 2.97. The van der Waals surface area contributed by atoms with Crippen LogP contribution in [0.5, 0.6) is 0 Å². The fourth-order valence-electron chi connectivity index (χ4n) is 1.60. The molecule has 1 atom stereocenters. The van der Waals surface area contributed by atoms with E-state index in [1.54, 1.807) is 19.0 Å². The molecule has 1 aromatic carbocycles. The summed E-state index contributed by atoms with van der Waals surface area (Å²) in [6.07, 6.45) is 0.972. The molecule has 3 heteroatoms. The fourth-order valence-corrected chi connectivity index (χ4v) is 1.60. The number of rotatable bonds is 4. The largest absolute Gasteiger partial charge is 0.480 e. The van der Waals surface area contributed by atoms with Gasteiger partial charge >= 0.3 is 5.97 Å². The first-order chi connectivity index (χ1) is 7.06. The molecule has 0 aliphatic heterocycles. The molecule has 1 rings (SSSR count). The highest BCUT2D eigenvalue weighted by molar-refractivity contribution is 5.75. The highest BCUT2D eigenvalue weighted by atomic mass is 16.4. The molecule has 3 nitrogen and oxygen atoms in total. The van der Waals surface area contributed by atoms with Gasteiger partial charge in [-0.25, -0.2) is 0 Å². The molecule has 0 heterocycles. The molecule has 0 saturated heterocycles. The number of hydrogen-bond acceptors (Lipinski definition) is 2. The molecule has 0 spiro atoms. The van der Waals surface area contributed by atoms with Gasteiger partial charge in [-0.2, -0.15) is 0 Å². The van der Waals surface area contributed by atoms with E-state index in [0.29, 0.717) is 0 Å². The molecular weight excluding hydrogens is 190 g/mol. The number of hydrogen-bond donors (Lipinski definition) is 1. The topological polar surface area (TPSA) is 40.5 Å². The van der Waals surface area contributed by atoms with Crippen LogP contribution in [-0.2, 0) is 11.2 Å². The number of carbonyl (C=O) groups is 1. The summed E-state index contributed by atoms with van der Waals surface area (Å²) in [7, 11) is 3.54. The number of aryl methyl sites for hydroxylation is 1. The Morgan fingerprint density at radius 2 is 1.87 bits per heavy atom. The third-order valence-corrected chi connectivity index (χ3v) is 2.45. The molecule has 0 aliphatic carbocycles. The lowest BCUT2D eigenvalue weighted by atomic mass is 10.0. The maximum Gasteiger partial charge on any atom is 0.325 e. The predicted molar refractivity (Wildman–Crippen MR) is 59.9 cm³/mol. The SMILES string of the molecule is CCc1ccc([C@@H](C(=O)O)N(C)C)cc1. The molecule has 15 heavy (non-hydrogen) atoms. The predicted octanol–water partition coefficient (Wildman–Crippen LogP) is 1.94. The lowest BCUT2D eigenvalue weighted by Gasteiger charge is -2.20. The van der Waals surface area contributed by atoms with E-state index in [1.165, 1.54) is 5.56 Å². The van der Waals surface area contributed by atoms with Crippen molar-refractivity contribution < 1.29 is 9.90 Å². The molecule has 0 fully saturated rings. The number of carboxylic acid groups (broad SMARTS) is 1. The van der Waals surface area contributed by atoms with Crippen LogP contribution < -0.4 is 0 Å². The van der Waals surface area contributed by atoms with Crippen LogP contribution in [0, 0.1) is 0 Å². The summed E-state index contributed by atoms with van der Waals surface area (Å²) in [6.45, 7) is 2.08. The third kappa shape index (κ3) is 2.80. The van der Waals surface area contributed by atoms with Gasteiger partial charge in [-0.05, 0) is 31.6 Å². The Hall–Kier alpha value is -1.35. The van der Waals surface area contributed by atoms with Crippen LogP contribution in [0.1, 0.15) is 24.1 Å². The van der Waals surface area contributed by atoms with Gasteiger partial charge in [0.15, 0.2) is 0 Å². The molecular formula is C12H17NO2. The normalized spacial score (nSPS) is 12.8. The minimum Gasteiger partial charge on any atom is -0.480 e. The van der Waals surface area contributed by atoms with Crippen molar-refractivity contribution >= 4 is 5.97 Å². The van der Waals surface area contributed by atoms with Gasteiger partial charge in [0.05, 0.1) is 0 Å². The first-order valence-electron chi connectivity index (χ1n) is 5.04. The van der Waals surface area contributed by atoms with E-state index in [9.17, 15) is 4.79 Å². The minimum atomic E-state index is -0.816. The third-order valence-electron chi connectivity index (χ3n) is 2.45. The molecule has 1 aromatic rings. The first kappa shape index (κ1) is 11.7. The van der Waals surface area contributed by atoms with Gasteiger partial charge < -0.3 is 5.11 Å². The van der Waals surface area contributed by atoms with Gasteiger partial charge in [0.1, 0.15) is 6.04 Å². The molecule has 0 aliphatic rings. The van der Waals surface area contributed by atoms with Crippen molar-refractivity contribution in [2.75, 3.05) is 14.1 Å². The number of benzene rings is 1. The molecule has 0 unspecified atom stereocenters. The smallest absolute Gasteiger partial charge is 0.325 e. The van der Waals surface area contributed by atoms with Crippen molar-refractivity contribution in [3.8, 4) is 0 Å². The van der Waals surface area contributed by atoms with E-state index in [0.717, 1.165) is 12.0 Å². The molecule has 1 N–H and O–H groups in total. The van der Waals surface area contributed by atoms with Crippen molar-refractivity contribution in [2.45, 2.75) is 19.4 Å². The van der Waals surface area contributed by atoms with Crippen molar-refractivity contribution in [3.05, 3.63) is 35.4 Å². The highest BCUT2D eigenvalue weighted by Gasteiger charge is 2.21. The van der Waals surface area contributed by atoms with E-state index in [1.807, 2.05) is 24.3 Å². The second kappa shape index (κ2) is 4.94. The highest BCUT2D eigenvalue weighted by Crippen LogP contribution is 2.19. The van der Waals surface area contributed by atoms with Crippen LogP contribution in [0.25, 0.3) is 0 Å². The van der Waals surface area contributed by atoms with Crippen LogP contribution in [0.15, 0.2) is 24.3 Å². The maximum absolute atomic E-state index is 11.1. The monoisotopic (exact) mass is 207 g/mol. The molecule has 0 amide bonds. The number of carboxylic acids is 1. The molecule has 82 valence electrons. The van der Waals surface area contributed by atoms with Crippen molar-refractivity contribution in [2.24, 2.45) is 0 Å². The second-order valence-corrected chi connectivity index (χ2v) is 3.80. The summed E-state index contributed by atoms with van der Waals surface area (Å²) >= 11 is 0. The van der Waals surface area contributed by atoms with Gasteiger partial charge in [-0.3, -0.25) is 9.69 Å². The molecule has 0 aromatic heterocycles. The Bertz CT molecular complexity index is 330. The zero-order valence-electron chi connectivity index (χ0n) is 9.40. The fraction of sp³-hybridized carbons (Fsp3) is 0.417. The summed E-state index contributed by atoms with van der Waals surface area (Å²) in [5, 5.41) is 9.08.